The van der Waals surface area contributed by atoms with Gasteiger partial charge in [-0.1, -0.05) is 0 Å². The Morgan fingerprint density at radius 2 is 0.421 bits per heavy atom. The van der Waals surface area contributed by atoms with Crippen LogP contribution in [0.3, 0.4) is 0 Å². The first-order chi connectivity index (χ1) is 4.00. The molecule has 9 radical (unpaired) electrons. The molecule has 19 heteroatoms. The maximum Gasteiger partial charge on any atom is 2.00 e. The molecule has 0 N–H and O–H groups in total. The van der Waals surface area contributed by atoms with Crippen molar-refractivity contribution in [3.63, 3.8) is 0 Å². The maximum absolute atomic E-state index is 8.52. The van der Waals surface area contributed by atoms with Crippen molar-refractivity contribution in [2.75, 3.05) is 0 Å². The Kier molecular flexibility index (Phi) is 153. The summed E-state index contributed by atoms with van der Waals surface area (Å²) < 4.78 is 68.2. The number of hydrogen-bond acceptors (Lipinski definition) is 8. The summed E-state index contributed by atoms with van der Waals surface area (Å²) in [5.41, 5.74) is 0. The monoisotopic (exact) mass is 736 g/mol. The molecule has 0 aliphatic rings. The van der Waals surface area contributed by atoms with Gasteiger partial charge in [0.25, 0.3) is 0 Å². The van der Waals surface area contributed by atoms with Crippen molar-refractivity contribution in [1.82, 2.24) is 0 Å². The second-order valence-corrected chi connectivity index (χ2v) is 2.45. The average Bonchev–Trinajstić information content (AvgIpc) is 1.12. The van der Waals surface area contributed by atoms with Crippen LogP contribution < -0.4 is 0 Å². The number of hydrogen-bond donors (Lipinski definition) is 0. The average molecular weight is 737 g/mol. The minimum Gasteiger partial charge on any atom is -1.00 e. The van der Waals surface area contributed by atoms with Crippen LogP contribution in [0, 0.1) is 0 Å². The standard InChI is InChI=1S/9Co.2H2O4S.14H/c;;;;;;;;;2*1-5(2,3)4;;;;;;;;;;;;;;/h;;;;;;;;;2*(H2,1,2,3,4);;;;;;;;;;;;;;/q9*+2;;;14*-1/p-4. The van der Waals surface area contributed by atoms with Gasteiger partial charge < -0.3 is 38.2 Å². The van der Waals surface area contributed by atoms with Gasteiger partial charge in [-0.2, -0.15) is 0 Å². The Morgan fingerprint density at radius 3 is 0.421 bits per heavy atom. The van der Waals surface area contributed by atoms with E-state index in [1.54, 1.807) is 0 Å². The zero-order valence-electron chi connectivity index (χ0n) is 21.1. The van der Waals surface area contributed by atoms with Gasteiger partial charge >= 0.3 is 151 Å². The summed E-state index contributed by atoms with van der Waals surface area (Å²) in [4.78, 5) is 0. The second kappa shape index (κ2) is 38.1. The van der Waals surface area contributed by atoms with Crippen molar-refractivity contribution in [2.45, 2.75) is 0 Å². The van der Waals surface area contributed by atoms with Gasteiger partial charge in [0.1, 0.15) is 0 Å². The molecule has 0 aromatic heterocycles. The van der Waals surface area contributed by atoms with E-state index in [2.05, 4.69) is 0 Å². The molecule has 0 fully saturated rings. The van der Waals surface area contributed by atoms with Gasteiger partial charge in [-0.15, -0.1) is 0 Å². The zero-order valence-corrected chi connectivity index (χ0v) is 18.1. The molecule has 0 bridgehead atoms. The van der Waals surface area contributed by atoms with Crippen molar-refractivity contribution in [3.05, 3.63) is 0 Å². The molecular formula is H14Co9O8S2. The quantitative estimate of drug-likeness (QED) is 0.223. The van der Waals surface area contributed by atoms with Crippen molar-refractivity contribution in [2.24, 2.45) is 0 Å². The third kappa shape index (κ3) is 497. The molecule has 0 atom stereocenters. The summed E-state index contributed by atoms with van der Waals surface area (Å²) in [6, 6.07) is 0. The van der Waals surface area contributed by atoms with Crippen LogP contribution in [0.4, 0.5) is 0 Å². The normalized spacial score (nSPS) is 6.11. The number of rotatable bonds is 0. The van der Waals surface area contributed by atoms with E-state index in [-0.39, 0.29) is 171 Å². The maximum atomic E-state index is 8.52. The Balaban J connectivity index is -0.000000000994. The van der Waals surface area contributed by atoms with Crippen LogP contribution in [0.25, 0.3) is 0 Å². The first-order valence-corrected chi connectivity index (χ1v) is 4.00. The molecule has 0 rings (SSSR count). The van der Waals surface area contributed by atoms with Gasteiger partial charge in [-0.05, 0) is 0 Å². The summed E-state index contributed by atoms with van der Waals surface area (Å²) in [5.74, 6) is 0. The van der Waals surface area contributed by atoms with E-state index in [0.717, 1.165) is 0 Å². The Labute approximate surface area is 224 Å². The summed E-state index contributed by atoms with van der Waals surface area (Å²) in [5, 5.41) is 0. The van der Waals surface area contributed by atoms with Gasteiger partial charge in [-0.3, -0.25) is 16.8 Å². The van der Waals surface area contributed by atoms with Crippen LogP contribution in [0.1, 0.15) is 20.0 Å². The Morgan fingerprint density at radius 1 is 0.421 bits per heavy atom. The molecule has 0 saturated carbocycles. The fourth-order valence-electron chi connectivity index (χ4n) is 0. The van der Waals surface area contributed by atoms with Crippen LogP contribution in [-0.2, 0) is 172 Å². The summed E-state index contributed by atoms with van der Waals surface area (Å²) in [6.45, 7) is 0. The van der Waals surface area contributed by atoms with E-state index in [0.29, 0.717) is 0 Å². The van der Waals surface area contributed by atoms with Crippen molar-refractivity contribution < 1.29 is 206 Å². The second-order valence-electron chi connectivity index (χ2n) is 0.816. The van der Waals surface area contributed by atoms with Crippen LogP contribution >= 0.6 is 0 Å². The van der Waals surface area contributed by atoms with Crippen molar-refractivity contribution >= 4 is 20.8 Å². The van der Waals surface area contributed by atoms with Gasteiger partial charge in [0, 0.05) is 20.8 Å². The minimum atomic E-state index is -5.17. The van der Waals surface area contributed by atoms with E-state index in [1.165, 1.54) is 0 Å². The minimum absolute atomic E-state index is 0. The molecule has 0 aliphatic carbocycles. The van der Waals surface area contributed by atoms with Gasteiger partial charge in [0.05, 0.1) is 0 Å². The van der Waals surface area contributed by atoms with Crippen LogP contribution in [0.15, 0.2) is 0 Å². The predicted octanol–water partition coefficient (Wildman–Crippen LogP) is -1.12. The van der Waals surface area contributed by atoms with Gasteiger partial charge in [0.15, 0.2) is 0 Å². The third-order valence-electron chi connectivity index (χ3n) is 0. The molecule has 0 aliphatic heterocycles. The fourth-order valence-corrected chi connectivity index (χ4v) is 0. The topological polar surface area (TPSA) is 161 Å². The summed E-state index contributed by atoms with van der Waals surface area (Å²) in [7, 11) is -10.3. The molecule has 0 saturated heterocycles. The molecule has 19 heavy (non-hydrogen) atoms. The van der Waals surface area contributed by atoms with Crippen LogP contribution in [0.2, 0.25) is 0 Å². The molecule has 0 amide bonds. The van der Waals surface area contributed by atoms with Crippen molar-refractivity contribution in [3.8, 4) is 0 Å². The van der Waals surface area contributed by atoms with E-state index < -0.39 is 20.8 Å². The molecule has 0 aromatic carbocycles. The first-order valence-electron chi connectivity index (χ1n) is 1.33. The van der Waals surface area contributed by atoms with Gasteiger partial charge in [-0.25, -0.2) is 0 Å². The Hall–Kier alpha value is 4.30. The third-order valence-corrected chi connectivity index (χ3v) is 0. The molecule has 0 aromatic rings. The summed E-state index contributed by atoms with van der Waals surface area (Å²) >= 11 is 0. The largest absolute Gasteiger partial charge is 2.00 e. The fraction of sp³-hybridized carbons (Fsp3) is 0. The van der Waals surface area contributed by atoms with Gasteiger partial charge in [0.2, 0.25) is 0 Å². The van der Waals surface area contributed by atoms with E-state index >= 15 is 0 Å². The molecule has 0 spiro atoms. The van der Waals surface area contributed by atoms with E-state index in [4.69, 9.17) is 35.0 Å². The molecule has 8 nitrogen and oxygen atoms in total. The van der Waals surface area contributed by atoms with E-state index in [9.17, 15) is 0 Å². The van der Waals surface area contributed by atoms with Crippen LogP contribution in [-0.4, -0.2) is 35.0 Å². The molecular weight excluding hydrogens is 723 g/mol. The molecule has 0 unspecified atom stereocenters. The van der Waals surface area contributed by atoms with Crippen molar-refractivity contribution in [1.29, 1.82) is 0 Å². The zero-order chi connectivity index (χ0) is 9.00. The smallest absolute Gasteiger partial charge is 1.00 e. The van der Waals surface area contributed by atoms with Crippen LogP contribution in [0.5, 0.6) is 0 Å². The van der Waals surface area contributed by atoms with E-state index in [1.807, 2.05) is 0 Å². The summed E-state index contributed by atoms with van der Waals surface area (Å²) in [6.07, 6.45) is 0. The first kappa shape index (κ1) is 76.6. The SMILES string of the molecule is O=S(=O)([O-])[O-].O=S(=O)([O-])[O-].[Co+2].[Co+2].[Co+2].[Co+2].[Co+2].[Co+2].[Co+2].[Co+2].[Co+2].[H-].[H-].[H-].[H-].[H-].[H-].[H-].[H-].[H-].[H-].[H-].[H-].[H-].[H-]. The predicted molar refractivity (Wildman–Crippen MR) is 36.5 cm³/mol. The molecule has 0 heterocycles. The Bertz CT molecular complexity index is 255. The molecule has 155 valence electrons.